The minimum absolute atomic E-state index is 0.133. The summed E-state index contributed by atoms with van der Waals surface area (Å²) in [5.41, 5.74) is 2.81. The molecule has 0 aliphatic rings. The second kappa shape index (κ2) is 6.42. The molecule has 6 heteroatoms. The summed E-state index contributed by atoms with van der Waals surface area (Å²) in [6.07, 6.45) is 1.96. The fraction of sp³-hybridized carbons (Fsp3) is 0.455. The summed E-state index contributed by atoms with van der Waals surface area (Å²) in [4.78, 5) is 15.8. The second-order valence-corrected chi connectivity index (χ2v) is 4.26. The van der Waals surface area contributed by atoms with Crippen molar-refractivity contribution in [2.45, 2.75) is 32.7 Å². The van der Waals surface area contributed by atoms with Crippen LogP contribution in [0.3, 0.4) is 0 Å². The number of carbonyl (C=O) groups is 1. The molecule has 0 radical (unpaired) electrons. The number of aromatic nitrogens is 1. The van der Waals surface area contributed by atoms with Crippen molar-refractivity contribution in [3.8, 4) is 0 Å². The van der Waals surface area contributed by atoms with Gasteiger partial charge in [0.2, 0.25) is 0 Å². The Morgan fingerprint density at radius 2 is 2.29 bits per heavy atom. The third-order valence-corrected chi connectivity index (χ3v) is 2.50. The lowest BCUT2D eigenvalue weighted by atomic mass is 10.1. The third-order valence-electron chi connectivity index (χ3n) is 2.30. The van der Waals surface area contributed by atoms with E-state index in [4.69, 9.17) is 17.4 Å². The smallest absolute Gasteiger partial charge is 0.251 e. The molecular weight excluding hydrogens is 240 g/mol. The van der Waals surface area contributed by atoms with Gasteiger partial charge in [0.1, 0.15) is 11.0 Å². The van der Waals surface area contributed by atoms with Gasteiger partial charge in [0, 0.05) is 11.6 Å². The van der Waals surface area contributed by atoms with Crippen molar-refractivity contribution < 1.29 is 4.79 Å². The normalized spacial score (nSPS) is 12.0. The van der Waals surface area contributed by atoms with Gasteiger partial charge in [-0.2, -0.15) is 0 Å². The maximum absolute atomic E-state index is 11.9. The Morgan fingerprint density at radius 3 is 2.88 bits per heavy atom. The molecule has 0 aliphatic carbocycles. The molecule has 0 aromatic carbocycles. The average Bonchev–Trinajstić information content (AvgIpc) is 2.28. The number of hydrogen-bond donors (Lipinski definition) is 3. The Bertz CT molecular complexity index is 397. The van der Waals surface area contributed by atoms with E-state index in [1.54, 1.807) is 6.07 Å². The van der Waals surface area contributed by atoms with Gasteiger partial charge in [-0.25, -0.2) is 10.8 Å². The van der Waals surface area contributed by atoms with Crippen LogP contribution in [-0.4, -0.2) is 16.9 Å². The van der Waals surface area contributed by atoms with Crippen LogP contribution in [0.4, 0.5) is 5.82 Å². The first-order valence-corrected chi connectivity index (χ1v) is 5.89. The van der Waals surface area contributed by atoms with Crippen LogP contribution < -0.4 is 16.6 Å². The third kappa shape index (κ3) is 4.20. The Balaban J connectivity index is 2.78. The number of rotatable bonds is 5. The molecule has 0 fully saturated rings. The zero-order chi connectivity index (χ0) is 12.8. The minimum Gasteiger partial charge on any atom is -0.350 e. The molecule has 1 atom stereocenters. The zero-order valence-corrected chi connectivity index (χ0v) is 10.7. The molecule has 0 saturated carbocycles. The fourth-order valence-electron chi connectivity index (χ4n) is 1.51. The van der Waals surface area contributed by atoms with Gasteiger partial charge < -0.3 is 10.7 Å². The van der Waals surface area contributed by atoms with Gasteiger partial charge in [-0.05, 0) is 25.5 Å². The molecule has 0 aliphatic heterocycles. The molecule has 1 heterocycles. The Hall–Kier alpha value is -1.33. The molecular formula is C11H17ClN4O. The van der Waals surface area contributed by atoms with Crippen LogP contribution in [-0.2, 0) is 0 Å². The standard InChI is InChI=1S/C11H17ClN4O/c1-3-4-7(2)14-11(17)8-5-9(12)15-10(6-8)16-13/h5-7H,3-4,13H2,1-2H3,(H,14,17)(H,15,16). The number of anilines is 1. The number of nitrogen functional groups attached to an aromatic ring is 1. The topological polar surface area (TPSA) is 80.0 Å². The van der Waals surface area contributed by atoms with Crippen LogP contribution in [0, 0.1) is 0 Å². The van der Waals surface area contributed by atoms with E-state index in [1.807, 2.05) is 6.92 Å². The van der Waals surface area contributed by atoms with Crippen molar-refractivity contribution >= 4 is 23.3 Å². The Morgan fingerprint density at radius 1 is 1.59 bits per heavy atom. The van der Waals surface area contributed by atoms with Crippen molar-refractivity contribution in [3.63, 3.8) is 0 Å². The van der Waals surface area contributed by atoms with E-state index in [0.29, 0.717) is 11.4 Å². The number of nitrogens with one attached hydrogen (secondary N) is 2. The van der Waals surface area contributed by atoms with Crippen LogP contribution in [0.5, 0.6) is 0 Å². The van der Waals surface area contributed by atoms with Crippen molar-refractivity contribution in [3.05, 3.63) is 22.8 Å². The number of amides is 1. The molecule has 1 amide bonds. The predicted octanol–water partition coefficient (Wildman–Crippen LogP) is 1.94. The molecule has 94 valence electrons. The molecule has 0 spiro atoms. The molecule has 1 aromatic heterocycles. The fourth-order valence-corrected chi connectivity index (χ4v) is 1.72. The highest BCUT2D eigenvalue weighted by molar-refractivity contribution is 6.29. The zero-order valence-electron chi connectivity index (χ0n) is 9.96. The van der Waals surface area contributed by atoms with E-state index in [2.05, 4.69) is 22.7 Å². The summed E-state index contributed by atoms with van der Waals surface area (Å²) < 4.78 is 0. The van der Waals surface area contributed by atoms with Gasteiger partial charge in [0.15, 0.2) is 0 Å². The number of halogens is 1. The number of hydrogen-bond acceptors (Lipinski definition) is 4. The maximum atomic E-state index is 11.9. The first-order chi connectivity index (χ1) is 8.06. The SMILES string of the molecule is CCCC(C)NC(=O)c1cc(Cl)nc(NN)c1. The monoisotopic (exact) mass is 256 g/mol. The maximum Gasteiger partial charge on any atom is 0.251 e. The summed E-state index contributed by atoms with van der Waals surface area (Å²) in [5.74, 6) is 5.43. The van der Waals surface area contributed by atoms with Crippen LogP contribution in [0.15, 0.2) is 12.1 Å². The molecule has 1 rings (SSSR count). The van der Waals surface area contributed by atoms with Crippen LogP contribution in [0.25, 0.3) is 0 Å². The quantitative estimate of drug-likeness (QED) is 0.427. The van der Waals surface area contributed by atoms with Crippen molar-refractivity contribution in [2.75, 3.05) is 5.43 Å². The van der Waals surface area contributed by atoms with E-state index < -0.39 is 0 Å². The summed E-state index contributed by atoms with van der Waals surface area (Å²) in [5, 5.41) is 3.11. The van der Waals surface area contributed by atoms with Gasteiger partial charge in [0.05, 0.1) is 0 Å². The lowest BCUT2D eigenvalue weighted by molar-refractivity contribution is 0.0938. The molecule has 5 nitrogen and oxygen atoms in total. The summed E-state index contributed by atoms with van der Waals surface area (Å²) in [6, 6.07) is 3.20. The largest absolute Gasteiger partial charge is 0.350 e. The second-order valence-electron chi connectivity index (χ2n) is 3.87. The number of nitrogens with two attached hydrogens (primary N) is 1. The van der Waals surface area contributed by atoms with Gasteiger partial charge in [-0.3, -0.25) is 4.79 Å². The number of pyridine rings is 1. The predicted molar refractivity (Wildman–Crippen MR) is 68.9 cm³/mol. The highest BCUT2D eigenvalue weighted by Crippen LogP contribution is 2.14. The minimum atomic E-state index is -0.174. The van der Waals surface area contributed by atoms with Crippen molar-refractivity contribution in [2.24, 2.45) is 5.84 Å². The Kier molecular flexibility index (Phi) is 5.18. The first-order valence-electron chi connectivity index (χ1n) is 5.52. The molecule has 1 unspecified atom stereocenters. The van der Waals surface area contributed by atoms with Gasteiger partial charge in [0.25, 0.3) is 5.91 Å². The number of nitrogens with zero attached hydrogens (tertiary/aromatic N) is 1. The Labute approximate surface area is 106 Å². The highest BCUT2D eigenvalue weighted by atomic mass is 35.5. The van der Waals surface area contributed by atoms with Crippen LogP contribution in [0.2, 0.25) is 5.15 Å². The molecule has 0 saturated heterocycles. The van der Waals surface area contributed by atoms with E-state index in [1.165, 1.54) is 6.07 Å². The van der Waals surface area contributed by atoms with Crippen LogP contribution >= 0.6 is 11.6 Å². The average molecular weight is 257 g/mol. The van der Waals surface area contributed by atoms with E-state index in [-0.39, 0.29) is 17.1 Å². The molecule has 0 bridgehead atoms. The lowest BCUT2D eigenvalue weighted by Crippen LogP contribution is -2.32. The van der Waals surface area contributed by atoms with Crippen molar-refractivity contribution in [1.82, 2.24) is 10.3 Å². The number of hydrazine groups is 1. The van der Waals surface area contributed by atoms with Gasteiger partial charge in [-0.1, -0.05) is 24.9 Å². The first kappa shape index (κ1) is 13.7. The number of carbonyl (C=O) groups excluding carboxylic acids is 1. The van der Waals surface area contributed by atoms with E-state index >= 15 is 0 Å². The van der Waals surface area contributed by atoms with Crippen molar-refractivity contribution in [1.29, 1.82) is 0 Å². The highest BCUT2D eigenvalue weighted by Gasteiger charge is 2.11. The molecule has 4 N–H and O–H groups in total. The molecule has 17 heavy (non-hydrogen) atoms. The van der Waals surface area contributed by atoms with Gasteiger partial charge >= 0.3 is 0 Å². The molecule has 1 aromatic rings. The van der Waals surface area contributed by atoms with Gasteiger partial charge in [-0.15, -0.1) is 0 Å². The van der Waals surface area contributed by atoms with E-state index in [0.717, 1.165) is 12.8 Å². The summed E-state index contributed by atoms with van der Waals surface area (Å²) in [7, 11) is 0. The van der Waals surface area contributed by atoms with Crippen LogP contribution in [0.1, 0.15) is 37.0 Å². The van der Waals surface area contributed by atoms with E-state index in [9.17, 15) is 4.79 Å². The summed E-state index contributed by atoms with van der Waals surface area (Å²) in [6.45, 7) is 4.04. The summed E-state index contributed by atoms with van der Waals surface area (Å²) >= 11 is 5.78. The lowest BCUT2D eigenvalue weighted by Gasteiger charge is -2.13.